The SMILES string of the molecule is CCC(C)N(CCOC)C(=O)c1ccc(NN)cc1C. The molecule has 0 aromatic heterocycles. The van der Waals surface area contributed by atoms with E-state index in [0.29, 0.717) is 18.7 Å². The van der Waals surface area contributed by atoms with E-state index >= 15 is 0 Å². The Balaban J connectivity index is 2.99. The van der Waals surface area contributed by atoms with E-state index < -0.39 is 0 Å². The minimum Gasteiger partial charge on any atom is -0.383 e. The number of benzene rings is 1. The standard InChI is InChI=1S/C15H25N3O2/c1-5-12(3)18(8-9-20-4)15(19)14-7-6-13(17-16)10-11(14)2/h6-7,10,12,17H,5,8-9,16H2,1-4H3. The number of ether oxygens (including phenoxy) is 1. The molecule has 112 valence electrons. The second-order valence-corrected chi connectivity index (χ2v) is 4.92. The highest BCUT2D eigenvalue weighted by Gasteiger charge is 2.21. The van der Waals surface area contributed by atoms with Crippen LogP contribution in [0, 0.1) is 6.92 Å². The zero-order valence-electron chi connectivity index (χ0n) is 12.8. The molecular formula is C15H25N3O2. The molecule has 0 bridgehead atoms. The Kier molecular flexibility index (Phi) is 6.48. The first kappa shape index (κ1) is 16.5. The molecule has 0 spiro atoms. The summed E-state index contributed by atoms with van der Waals surface area (Å²) in [5.74, 6) is 5.42. The molecule has 1 amide bonds. The van der Waals surface area contributed by atoms with Crippen molar-refractivity contribution in [2.75, 3.05) is 25.7 Å². The number of carbonyl (C=O) groups excluding carboxylic acids is 1. The highest BCUT2D eigenvalue weighted by Crippen LogP contribution is 2.18. The van der Waals surface area contributed by atoms with Crippen LogP contribution < -0.4 is 11.3 Å². The summed E-state index contributed by atoms with van der Waals surface area (Å²) in [5, 5.41) is 0. The third-order valence-electron chi connectivity index (χ3n) is 3.54. The minimum atomic E-state index is 0.0393. The van der Waals surface area contributed by atoms with Crippen LogP contribution in [0.15, 0.2) is 18.2 Å². The van der Waals surface area contributed by atoms with Gasteiger partial charge in [0.05, 0.1) is 6.61 Å². The number of methoxy groups -OCH3 is 1. The van der Waals surface area contributed by atoms with Gasteiger partial charge in [0.1, 0.15) is 0 Å². The van der Waals surface area contributed by atoms with E-state index in [4.69, 9.17) is 10.6 Å². The Morgan fingerprint density at radius 3 is 2.70 bits per heavy atom. The first-order valence-electron chi connectivity index (χ1n) is 6.92. The molecular weight excluding hydrogens is 254 g/mol. The summed E-state index contributed by atoms with van der Waals surface area (Å²) in [4.78, 5) is 14.6. The lowest BCUT2D eigenvalue weighted by Crippen LogP contribution is -2.40. The topological polar surface area (TPSA) is 67.6 Å². The van der Waals surface area contributed by atoms with E-state index in [9.17, 15) is 4.79 Å². The molecule has 0 heterocycles. The lowest BCUT2D eigenvalue weighted by molar-refractivity contribution is 0.0613. The number of anilines is 1. The smallest absolute Gasteiger partial charge is 0.254 e. The van der Waals surface area contributed by atoms with Crippen molar-refractivity contribution in [1.82, 2.24) is 4.90 Å². The Labute approximate surface area is 121 Å². The first-order chi connectivity index (χ1) is 9.54. The normalized spacial score (nSPS) is 12.1. The van der Waals surface area contributed by atoms with Gasteiger partial charge in [-0.25, -0.2) is 0 Å². The van der Waals surface area contributed by atoms with Gasteiger partial charge in [-0.15, -0.1) is 0 Å². The molecule has 0 saturated heterocycles. The van der Waals surface area contributed by atoms with Crippen LogP contribution in [-0.2, 0) is 4.74 Å². The zero-order chi connectivity index (χ0) is 15.1. The van der Waals surface area contributed by atoms with Gasteiger partial charge < -0.3 is 15.1 Å². The number of carbonyl (C=O) groups is 1. The fourth-order valence-corrected chi connectivity index (χ4v) is 2.08. The average Bonchev–Trinajstić information content (AvgIpc) is 2.46. The van der Waals surface area contributed by atoms with Gasteiger partial charge in [-0.1, -0.05) is 6.92 Å². The molecule has 0 aliphatic carbocycles. The fraction of sp³-hybridized carbons (Fsp3) is 0.533. The van der Waals surface area contributed by atoms with E-state index in [1.54, 1.807) is 7.11 Å². The van der Waals surface area contributed by atoms with Gasteiger partial charge in [-0.3, -0.25) is 10.6 Å². The maximum absolute atomic E-state index is 12.7. The molecule has 5 heteroatoms. The van der Waals surface area contributed by atoms with Crippen LogP contribution in [-0.4, -0.2) is 37.1 Å². The summed E-state index contributed by atoms with van der Waals surface area (Å²) in [6, 6.07) is 5.68. The Bertz CT molecular complexity index is 449. The predicted molar refractivity (Wildman–Crippen MR) is 81.7 cm³/mol. The van der Waals surface area contributed by atoms with E-state index in [2.05, 4.69) is 19.3 Å². The van der Waals surface area contributed by atoms with E-state index in [1.165, 1.54) is 0 Å². The van der Waals surface area contributed by atoms with Crippen molar-refractivity contribution in [2.45, 2.75) is 33.2 Å². The number of hydrazine groups is 1. The first-order valence-corrected chi connectivity index (χ1v) is 6.92. The van der Waals surface area contributed by atoms with Crippen LogP contribution in [0.5, 0.6) is 0 Å². The number of aryl methyl sites for hydroxylation is 1. The largest absolute Gasteiger partial charge is 0.383 e. The van der Waals surface area contributed by atoms with Crippen LogP contribution in [0.1, 0.15) is 36.2 Å². The van der Waals surface area contributed by atoms with Crippen LogP contribution in [0.4, 0.5) is 5.69 Å². The highest BCUT2D eigenvalue weighted by atomic mass is 16.5. The highest BCUT2D eigenvalue weighted by molar-refractivity contribution is 5.96. The van der Waals surface area contributed by atoms with Crippen molar-refractivity contribution in [3.05, 3.63) is 29.3 Å². The monoisotopic (exact) mass is 279 g/mol. The van der Waals surface area contributed by atoms with Gasteiger partial charge in [0.15, 0.2) is 0 Å². The van der Waals surface area contributed by atoms with Crippen molar-refractivity contribution in [2.24, 2.45) is 5.84 Å². The van der Waals surface area contributed by atoms with Crippen LogP contribution >= 0.6 is 0 Å². The van der Waals surface area contributed by atoms with Crippen molar-refractivity contribution < 1.29 is 9.53 Å². The summed E-state index contributed by atoms with van der Waals surface area (Å²) in [5.41, 5.74) is 5.01. The van der Waals surface area contributed by atoms with Gasteiger partial charge in [-0.2, -0.15) is 0 Å². The van der Waals surface area contributed by atoms with Crippen molar-refractivity contribution in [1.29, 1.82) is 0 Å². The van der Waals surface area contributed by atoms with Gasteiger partial charge in [-0.05, 0) is 44.0 Å². The van der Waals surface area contributed by atoms with Gasteiger partial charge in [0, 0.05) is 30.9 Å². The van der Waals surface area contributed by atoms with Crippen molar-refractivity contribution >= 4 is 11.6 Å². The molecule has 1 rings (SSSR count). The van der Waals surface area contributed by atoms with Crippen LogP contribution in [0.25, 0.3) is 0 Å². The average molecular weight is 279 g/mol. The van der Waals surface area contributed by atoms with E-state index in [-0.39, 0.29) is 11.9 Å². The fourth-order valence-electron chi connectivity index (χ4n) is 2.08. The lowest BCUT2D eigenvalue weighted by atomic mass is 10.1. The molecule has 20 heavy (non-hydrogen) atoms. The summed E-state index contributed by atoms with van der Waals surface area (Å²) in [7, 11) is 1.65. The number of hydrogen-bond acceptors (Lipinski definition) is 4. The number of amides is 1. The van der Waals surface area contributed by atoms with Gasteiger partial charge in [0.25, 0.3) is 5.91 Å². The number of nitrogens with one attached hydrogen (secondary N) is 1. The Morgan fingerprint density at radius 2 is 2.20 bits per heavy atom. The molecule has 0 fully saturated rings. The second-order valence-electron chi connectivity index (χ2n) is 4.92. The number of nitrogens with zero attached hydrogens (tertiary/aromatic N) is 1. The number of nitrogens with two attached hydrogens (primary N) is 1. The third kappa shape index (κ3) is 3.95. The summed E-state index contributed by atoms with van der Waals surface area (Å²) >= 11 is 0. The number of rotatable bonds is 7. The molecule has 5 nitrogen and oxygen atoms in total. The molecule has 1 unspecified atom stereocenters. The van der Waals surface area contributed by atoms with Crippen LogP contribution in [0.3, 0.4) is 0 Å². The molecule has 3 N–H and O–H groups in total. The molecule has 0 saturated carbocycles. The van der Waals surface area contributed by atoms with Crippen molar-refractivity contribution in [3.63, 3.8) is 0 Å². The molecule has 1 aromatic carbocycles. The molecule has 1 atom stereocenters. The van der Waals surface area contributed by atoms with E-state index in [0.717, 1.165) is 17.7 Å². The zero-order valence-corrected chi connectivity index (χ0v) is 12.8. The molecule has 0 aliphatic heterocycles. The Hall–Kier alpha value is -1.59. The number of nitrogen functional groups attached to an aromatic ring is 1. The predicted octanol–water partition coefficient (Wildman–Crippen LogP) is 2.17. The van der Waals surface area contributed by atoms with Gasteiger partial charge in [0.2, 0.25) is 0 Å². The summed E-state index contributed by atoms with van der Waals surface area (Å²) in [6.07, 6.45) is 0.914. The summed E-state index contributed by atoms with van der Waals surface area (Å²) in [6.45, 7) is 7.18. The lowest BCUT2D eigenvalue weighted by Gasteiger charge is -2.29. The third-order valence-corrected chi connectivity index (χ3v) is 3.54. The maximum Gasteiger partial charge on any atom is 0.254 e. The Morgan fingerprint density at radius 1 is 1.50 bits per heavy atom. The van der Waals surface area contributed by atoms with Gasteiger partial charge >= 0.3 is 0 Å². The van der Waals surface area contributed by atoms with E-state index in [1.807, 2.05) is 30.0 Å². The van der Waals surface area contributed by atoms with Crippen molar-refractivity contribution in [3.8, 4) is 0 Å². The second kappa shape index (κ2) is 7.87. The molecule has 1 aromatic rings. The minimum absolute atomic E-state index is 0.0393. The molecule has 0 radical (unpaired) electrons. The quantitative estimate of drug-likeness (QED) is 0.593. The maximum atomic E-state index is 12.7. The van der Waals surface area contributed by atoms with Crippen LogP contribution in [0.2, 0.25) is 0 Å². The molecule has 0 aliphatic rings. The summed E-state index contributed by atoms with van der Waals surface area (Å²) < 4.78 is 5.10. The number of hydrogen-bond donors (Lipinski definition) is 2.